The van der Waals surface area contributed by atoms with Crippen LogP contribution in [0.1, 0.15) is 27.0 Å². The van der Waals surface area contributed by atoms with Gasteiger partial charge in [0.05, 0.1) is 26.4 Å². The average molecular weight is 312 g/mol. The third-order valence-corrected chi connectivity index (χ3v) is 3.72. The van der Waals surface area contributed by atoms with Crippen LogP contribution in [0.5, 0.6) is 11.5 Å². The monoisotopic (exact) mass is 312 g/mol. The molecule has 0 saturated carbocycles. The Hall–Kier alpha value is -2.59. The number of ether oxygens (including phenoxy) is 2. The molecule has 0 atom stereocenters. The molecule has 1 N–H and O–H groups in total. The van der Waals surface area contributed by atoms with Gasteiger partial charge in [0.25, 0.3) is 0 Å². The molecule has 0 bridgehead atoms. The van der Waals surface area contributed by atoms with Gasteiger partial charge in [-0.1, -0.05) is 24.8 Å². The Morgan fingerprint density at radius 2 is 1.78 bits per heavy atom. The summed E-state index contributed by atoms with van der Waals surface area (Å²) in [4.78, 5) is 12.7. The summed E-state index contributed by atoms with van der Waals surface area (Å²) < 4.78 is 10.6. The van der Waals surface area contributed by atoms with E-state index < -0.39 is 0 Å². The number of benzene rings is 2. The van der Waals surface area contributed by atoms with Crippen LogP contribution in [-0.2, 0) is 6.61 Å². The molecule has 0 radical (unpaired) electrons. The van der Waals surface area contributed by atoms with Gasteiger partial charge < -0.3 is 14.6 Å². The van der Waals surface area contributed by atoms with Gasteiger partial charge in [0, 0.05) is 5.57 Å². The van der Waals surface area contributed by atoms with Gasteiger partial charge in [-0.3, -0.25) is 4.79 Å². The summed E-state index contributed by atoms with van der Waals surface area (Å²) in [5.41, 5.74) is 3.14. The number of aliphatic hydroxyl groups is 1. The molecule has 2 rings (SSSR count). The predicted molar refractivity (Wildman–Crippen MR) is 90.0 cm³/mol. The van der Waals surface area contributed by atoms with Crippen LogP contribution in [0.15, 0.2) is 43.0 Å². The van der Waals surface area contributed by atoms with Gasteiger partial charge in [-0.15, -0.1) is 0 Å². The Morgan fingerprint density at radius 3 is 2.39 bits per heavy atom. The van der Waals surface area contributed by atoms with Gasteiger partial charge in [0.2, 0.25) is 0 Å². The van der Waals surface area contributed by atoms with Crippen LogP contribution < -0.4 is 9.47 Å². The smallest absolute Gasteiger partial charge is 0.196 e. The summed E-state index contributed by atoms with van der Waals surface area (Å²) in [7, 11) is 3.08. The van der Waals surface area contributed by atoms with Gasteiger partial charge in [-0.05, 0) is 41.8 Å². The van der Waals surface area contributed by atoms with Gasteiger partial charge in [0.15, 0.2) is 5.78 Å². The fraction of sp³-hybridized carbons (Fsp3) is 0.211. The van der Waals surface area contributed by atoms with Gasteiger partial charge in [-0.25, -0.2) is 0 Å². The number of ketones is 1. The first-order valence-electron chi connectivity index (χ1n) is 7.18. The van der Waals surface area contributed by atoms with Crippen molar-refractivity contribution in [2.75, 3.05) is 14.2 Å². The van der Waals surface area contributed by atoms with Gasteiger partial charge in [0.1, 0.15) is 11.5 Å². The first-order chi connectivity index (χ1) is 11.0. The molecule has 0 fully saturated rings. The fourth-order valence-electron chi connectivity index (χ4n) is 2.32. The first kappa shape index (κ1) is 16.8. The number of carbonyl (C=O) groups is 1. The maximum atomic E-state index is 12.7. The summed E-state index contributed by atoms with van der Waals surface area (Å²) in [6, 6.07) is 10.5. The molecule has 0 spiro atoms. The summed E-state index contributed by atoms with van der Waals surface area (Å²) in [6.07, 6.45) is 0. The topological polar surface area (TPSA) is 55.8 Å². The van der Waals surface area contributed by atoms with E-state index in [0.717, 1.165) is 5.56 Å². The molecule has 0 aliphatic rings. The van der Waals surface area contributed by atoms with Crippen LogP contribution in [0.2, 0.25) is 0 Å². The van der Waals surface area contributed by atoms with Gasteiger partial charge >= 0.3 is 0 Å². The molecule has 23 heavy (non-hydrogen) atoms. The minimum absolute atomic E-state index is 0.110. The molecule has 0 amide bonds. The van der Waals surface area contributed by atoms with E-state index in [0.29, 0.717) is 33.8 Å². The highest BCUT2D eigenvalue weighted by Gasteiger charge is 2.18. The summed E-state index contributed by atoms with van der Waals surface area (Å²) in [5.74, 6) is 0.901. The number of allylic oxidation sites excluding steroid dienone is 1. The lowest BCUT2D eigenvalue weighted by molar-refractivity contribution is 0.105. The molecule has 0 heterocycles. The Morgan fingerprint density at radius 1 is 1.09 bits per heavy atom. The van der Waals surface area contributed by atoms with Crippen molar-refractivity contribution in [3.8, 4) is 11.5 Å². The maximum absolute atomic E-state index is 12.7. The van der Waals surface area contributed by atoms with Crippen LogP contribution in [-0.4, -0.2) is 25.1 Å². The number of carbonyl (C=O) groups excluding carboxylic acids is 1. The summed E-state index contributed by atoms with van der Waals surface area (Å²) in [6.45, 7) is 5.74. The van der Waals surface area contributed by atoms with Gasteiger partial charge in [-0.2, -0.15) is 0 Å². The standard InChI is InChI=1S/C19H20O4/c1-12-5-7-15(10-17(12)22-3)13(2)19(21)16-8-6-14(11-20)9-18(16)23-4/h5-10,20H,2,11H2,1,3-4H3. The zero-order valence-electron chi connectivity index (χ0n) is 13.6. The van der Waals surface area contributed by atoms with Crippen LogP contribution in [0.25, 0.3) is 5.57 Å². The molecule has 2 aromatic rings. The maximum Gasteiger partial charge on any atom is 0.196 e. The molecule has 0 aromatic heterocycles. The highest BCUT2D eigenvalue weighted by atomic mass is 16.5. The lowest BCUT2D eigenvalue weighted by Gasteiger charge is -2.12. The number of hydrogen-bond donors (Lipinski definition) is 1. The number of methoxy groups -OCH3 is 2. The molecule has 0 aliphatic carbocycles. The number of hydrogen-bond acceptors (Lipinski definition) is 4. The normalized spacial score (nSPS) is 10.3. The van der Waals surface area contributed by atoms with Crippen molar-refractivity contribution in [3.63, 3.8) is 0 Å². The van der Waals surface area contributed by atoms with E-state index in [1.165, 1.54) is 7.11 Å². The number of Topliss-reactive ketones (excluding diaryl/α,β-unsaturated/α-hetero) is 1. The lowest BCUT2D eigenvalue weighted by Crippen LogP contribution is -2.05. The van der Waals surface area contributed by atoms with E-state index in [2.05, 4.69) is 6.58 Å². The predicted octanol–water partition coefficient (Wildman–Crippen LogP) is 3.40. The van der Waals surface area contributed by atoms with Crippen molar-refractivity contribution in [3.05, 3.63) is 65.2 Å². The van der Waals surface area contributed by atoms with E-state index in [9.17, 15) is 9.90 Å². The van der Waals surface area contributed by atoms with Crippen LogP contribution >= 0.6 is 0 Å². The van der Waals surface area contributed by atoms with E-state index in [4.69, 9.17) is 9.47 Å². The quantitative estimate of drug-likeness (QED) is 0.656. The second kappa shape index (κ2) is 7.11. The molecule has 120 valence electrons. The summed E-state index contributed by atoms with van der Waals surface area (Å²) in [5, 5.41) is 9.19. The molecule has 4 nitrogen and oxygen atoms in total. The van der Waals surface area contributed by atoms with E-state index >= 15 is 0 Å². The van der Waals surface area contributed by atoms with Crippen molar-refractivity contribution in [1.29, 1.82) is 0 Å². The largest absolute Gasteiger partial charge is 0.496 e. The summed E-state index contributed by atoms with van der Waals surface area (Å²) >= 11 is 0. The Bertz CT molecular complexity index is 747. The van der Waals surface area contributed by atoms with Crippen molar-refractivity contribution in [2.45, 2.75) is 13.5 Å². The Labute approximate surface area is 136 Å². The number of aliphatic hydroxyl groups excluding tert-OH is 1. The second-order valence-corrected chi connectivity index (χ2v) is 5.18. The zero-order chi connectivity index (χ0) is 17.0. The zero-order valence-corrected chi connectivity index (χ0v) is 13.6. The molecule has 0 saturated heterocycles. The Balaban J connectivity index is 2.38. The molecule has 4 heteroatoms. The van der Waals surface area contributed by atoms with Crippen LogP contribution in [0.3, 0.4) is 0 Å². The second-order valence-electron chi connectivity index (χ2n) is 5.18. The Kier molecular flexibility index (Phi) is 5.19. The van der Waals surface area contributed by atoms with Crippen LogP contribution in [0.4, 0.5) is 0 Å². The number of rotatable bonds is 6. The lowest BCUT2D eigenvalue weighted by atomic mass is 9.96. The highest BCUT2D eigenvalue weighted by Crippen LogP contribution is 2.29. The SMILES string of the molecule is C=C(C(=O)c1ccc(CO)cc1OC)c1ccc(C)c(OC)c1. The third-order valence-electron chi connectivity index (χ3n) is 3.72. The van der Waals surface area contributed by atoms with E-state index in [1.807, 2.05) is 19.1 Å². The minimum atomic E-state index is -0.225. The highest BCUT2D eigenvalue weighted by molar-refractivity contribution is 6.29. The van der Waals surface area contributed by atoms with Crippen molar-refractivity contribution < 1.29 is 19.4 Å². The molecular formula is C19H20O4. The van der Waals surface area contributed by atoms with Crippen molar-refractivity contribution >= 4 is 11.4 Å². The molecule has 2 aromatic carbocycles. The van der Waals surface area contributed by atoms with Crippen LogP contribution in [0, 0.1) is 6.92 Å². The number of aryl methyl sites for hydroxylation is 1. The van der Waals surface area contributed by atoms with E-state index in [-0.39, 0.29) is 12.4 Å². The third kappa shape index (κ3) is 3.43. The van der Waals surface area contributed by atoms with E-state index in [1.54, 1.807) is 31.4 Å². The average Bonchev–Trinajstić information content (AvgIpc) is 2.60. The molecule has 0 unspecified atom stereocenters. The molecular weight excluding hydrogens is 292 g/mol. The fourth-order valence-corrected chi connectivity index (χ4v) is 2.32. The van der Waals surface area contributed by atoms with Crippen molar-refractivity contribution in [2.24, 2.45) is 0 Å². The minimum Gasteiger partial charge on any atom is -0.496 e. The van der Waals surface area contributed by atoms with Crippen molar-refractivity contribution in [1.82, 2.24) is 0 Å². The first-order valence-corrected chi connectivity index (χ1v) is 7.18. The molecule has 0 aliphatic heterocycles.